The molecule has 148 valence electrons. The number of amides is 1. The lowest BCUT2D eigenvalue weighted by Gasteiger charge is -2.18. The Hall–Kier alpha value is -3.99. The van der Waals surface area contributed by atoms with E-state index in [4.69, 9.17) is 4.74 Å². The Morgan fingerprint density at radius 1 is 0.833 bits per heavy atom. The molecule has 5 heteroatoms. The van der Waals surface area contributed by atoms with Gasteiger partial charge in [-0.1, -0.05) is 72.3 Å². The number of aromatic nitrogens is 1. The average Bonchev–Trinajstić information content (AvgIpc) is 2.79. The highest BCUT2D eigenvalue weighted by molar-refractivity contribution is 5.98. The number of benzene rings is 3. The van der Waals surface area contributed by atoms with E-state index in [1.54, 1.807) is 30.3 Å². The van der Waals surface area contributed by atoms with Gasteiger partial charge in [0.1, 0.15) is 5.69 Å². The molecule has 1 aromatic heterocycles. The van der Waals surface area contributed by atoms with Gasteiger partial charge in [-0.25, -0.2) is 9.78 Å². The Labute approximate surface area is 174 Å². The Kier molecular flexibility index (Phi) is 5.52. The van der Waals surface area contributed by atoms with Crippen LogP contribution >= 0.6 is 0 Å². The van der Waals surface area contributed by atoms with E-state index < -0.39 is 18.0 Å². The van der Waals surface area contributed by atoms with E-state index in [1.165, 1.54) is 0 Å². The van der Waals surface area contributed by atoms with Crippen molar-refractivity contribution in [3.05, 3.63) is 108 Å². The molecule has 1 heterocycles. The highest BCUT2D eigenvalue weighted by Gasteiger charge is 2.26. The van der Waals surface area contributed by atoms with Gasteiger partial charge >= 0.3 is 5.97 Å². The molecule has 0 bridgehead atoms. The Morgan fingerprint density at radius 3 is 2.30 bits per heavy atom. The average molecular weight is 396 g/mol. The number of nitrogens with one attached hydrogen (secondary N) is 1. The van der Waals surface area contributed by atoms with Crippen molar-refractivity contribution in [2.45, 2.75) is 13.0 Å². The molecule has 1 amide bonds. The lowest BCUT2D eigenvalue weighted by molar-refractivity contribution is -0.125. The van der Waals surface area contributed by atoms with Gasteiger partial charge < -0.3 is 10.1 Å². The largest absolute Gasteiger partial charge is 0.443 e. The number of carbonyl (C=O) groups is 2. The van der Waals surface area contributed by atoms with Crippen LogP contribution in [0.15, 0.2) is 91.0 Å². The van der Waals surface area contributed by atoms with Crippen molar-refractivity contribution >= 4 is 28.5 Å². The van der Waals surface area contributed by atoms with Crippen LogP contribution in [-0.4, -0.2) is 16.9 Å². The van der Waals surface area contributed by atoms with Crippen molar-refractivity contribution in [1.29, 1.82) is 0 Å². The molecule has 4 rings (SSSR count). The number of hydrogen-bond acceptors (Lipinski definition) is 4. The van der Waals surface area contributed by atoms with Gasteiger partial charge in [0, 0.05) is 16.6 Å². The summed E-state index contributed by atoms with van der Waals surface area (Å²) < 4.78 is 5.62. The van der Waals surface area contributed by atoms with E-state index in [1.807, 2.05) is 67.6 Å². The summed E-state index contributed by atoms with van der Waals surface area (Å²) in [6.07, 6.45) is -1.10. The second-order valence-electron chi connectivity index (χ2n) is 6.94. The molecule has 0 aliphatic rings. The van der Waals surface area contributed by atoms with E-state index in [0.29, 0.717) is 16.8 Å². The van der Waals surface area contributed by atoms with Gasteiger partial charge in [0.2, 0.25) is 6.10 Å². The van der Waals surface area contributed by atoms with Crippen molar-refractivity contribution < 1.29 is 14.3 Å². The van der Waals surface area contributed by atoms with Crippen LogP contribution in [0, 0.1) is 6.92 Å². The van der Waals surface area contributed by atoms with Crippen LogP contribution in [0.25, 0.3) is 10.9 Å². The molecule has 5 nitrogen and oxygen atoms in total. The minimum absolute atomic E-state index is 0.151. The number of carbonyl (C=O) groups excluding carboxylic acids is 2. The van der Waals surface area contributed by atoms with Crippen LogP contribution in [0.3, 0.4) is 0 Å². The Morgan fingerprint density at radius 2 is 1.53 bits per heavy atom. The normalized spacial score (nSPS) is 11.6. The van der Waals surface area contributed by atoms with Gasteiger partial charge in [0.15, 0.2) is 0 Å². The van der Waals surface area contributed by atoms with E-state index in [9.17, 15) is 9.59 Å². The van der Waals surface area contributed by atoms with Crippen LogP contribution in [0.5, 0.6) is 0 Å². The number of pyridine rings is 1. The maximum Gasteiger partial charge on any atom is 0.358 e. The third kappa shape index (κ3) is 4.36. The van der Waals surface area contributed by atoms with Crippen molar-refractivity contribution in [1.82, 2.24) is 4.98 Å². The van der Waals surface area contributed by atoms with E-state index >= 15 is 0 Å². The highest BCUT2D eigenvalue weighted by atomic mass is 16.5. The molecule has 0 aliphatic carbocycles. The molecule has 4 aromatic rings. The van der Waals surface area contributed by atoms with Crippen molar-refractivity contribution in [3.63, 3.8) is 0 Å². The van der Waals surface area contributed by atoms with Gasteiger partial charge in [-0.05, 0) is 31.2 Å². The van der Waals surface area contributed by atoms with Gasteiger partial charge in [-0.3, -0.25) is 4.79 Å². The van der Waals surface area contributed by atoms with Crippen LogP contribution in [0.2, 0.25) is 0 Å². The summed E-state index contributed by atoms with van der Waals surface area (Å²) in [5.74, 6) is -1.09. The number of anilines is 1. The molecule has 0 radical (unpaired) electrons. The number of nitrogens with zero attached hydrogens (tertiary/aromatic N) is 1. The number of rotatable bonds is 5. The minimum Gasteiger partial charge on any atom is -0.443 e. The standard InChI is InChI=1S/C25H20N2O3/c1-17-11-14-20(15-12-17)26-24(28)23(19-8-3-2-4-9-19)30-25(29)22-16-13-18-7-5-6-10-21(18)27-22/h2-16,23H,1H3,(H,26,28)/t23-/m1/s1. The molecule has 0 saturated carbocycles. The second-order valence-corrected chi connectivity index (χ2v) is 6.94. The molecule has 0 spiro atoms. The van der Waals surface area contributed by atoms with Gasteiger partial charge in [-0.2, -0.15) is 0 Å². The molecular formula is C25H20N2O3. The molecular weight excluding hydrogens is 376 g/mol. The number of fused-ring (bicyclic) bond motifs is 1. The number of aryl methyl sites for hydroxylation is 1. The summed E-state index contributed by atoms with van der Waals surface area (Å²) in [5, 5.41) is 3.74. The SMILES string of the molecule is Cc1ccc(NC(=O)[C@H](OC(=O)c2ccc3ccccc3n2)c2ccccc2)cc1. The smallest absolute Gasteiger partial charge is 0.358 e. The van der Waals surface area contributed by atoms with Crippen LogP contribution in [0.1, 0.15) is 27.7 Å². The zero-order valence-corrected chi connectivity index (χ0v) is 16.4. The fourth-order valence-electron chi connectivity index (χ4n) is 3.09. The first kappa shape index (κ1) is 19.3. The first-order valence-electron chi connectivity index (χ1n) is 9.59. The Bertz CT molecular complexity index is 1190. The summed E-state index contributed by atoms with van der Waals surface area (Å²) in [5.41, 5.74) is 3.13. The lowest BCUT2D eigenvalue weighted by atomic mass is 10.1. The monoisotopic (exact) mass is 396 g/mol. The van der Waals surface area contributed by atoms with E-state index in [0.717, 1.165) is 10.9 Å². The predicted molar refractivity (Wildman–Crippen MR) is 116 cm³/mol. The van der Waals surface area contributed by atoms with Crippen molar-refractivity contribution in [2.75, 3.05) is 5.32 Å². The molecule has 1 atom stereocenters. The van der Waals surface area contributed by atoms with Gasteiger partial charge in [0.05, 0.1) is 5.52 Å². The third-order valence-corrected chi connectivity index (χ3v) is 4.69. The maximum atomic E-state index is 13.0. The topological polar surface area (TPSA) is 68.3 Å². The van der Waals surface area contributed by atoms with E-state index in [-0.39, 0.29) is 5.69 Å². The molecule has 30 heavy (non-hydrogen) atoms. The first-order chi connectivity index (χ1) is 14.6. The fourth-order valence-corrected chi connectivity index (χ4v) is 3.09. The molecule has 0 saturated heterocycles. The number of hydrogen-bond donors (Lipinski definition) is 1. The summed E-state index contributed by atoms with van der Waals surface area (Å²) in [7, 11) is 0. The second kappa shape index (κ2) is 8.57. The van der Waals surface area contributed by atoms with E-state index in [2.05, 4.69) is 10.3 Å². The summed E-state index contributed by atoms with van der Waals surface area (Å²) in [6, 6.07) is 27.3. The van der Waals surface area contributed by atoms with Crippen LogP contribution < -0.4 is 5.32 Å². The number of ether oxygens (including phenoxy) is 1. The van der Waals surface area contributed by atoms with Gasteiger partial charge in [0.25, 0.3) is 5.91 Å². The Balaban J connectivity index is 1.59. The highest BCUT2D eigenvalue weighted by Crippen LogP contribution is 2.22. The summed E-state index contributed by atoms with van der Waals surface area (Å²) in [6.45, 7) is 1.97. The maximum absolute atomic E-state index is 13.0. The number of para-hydroxylation sites is 1. The van der Waals surface area contributed by atoms with Crippen LogP contribution in [0.4, 0.5) is 5.69 Å². The zero-order valence-electron chi connectivity index (χ0n) is 16.4. The minimum atomic E-state index is -1.10. The molecule has 3 aromatic carbocycles. The fraction of sp³-hybridized carbons (Fsp3) is 0.0800. The predicted octanol–water partition coefficient (Wildman–Crippen LogP) is 5.08. The molecule has 0 unspecified atom stereocenters. The van der Waals surface area contributed by atoms with Crippen molar-refractivity contribution in [3.8, 4) is 0 Å². The lowest BCUT2D eigenvalue weighted by Crippen LogP contribution is -2.26. The van der Waals surface area contributed by atoms with Gasteiger partial charge in [-0.15, -0.1) is 0 Å². The molecule has 0 aliphatic heterocycles. The first-order valence-corrected chi connectivity index (χ1v) is 9.59. The van der Waals surface area contributed by atoms with Crippen LogP contribution in [-0.2, 0) is 9.53 Å². The molecule has 1 N–H and O–H groups in total. The van der Waals surface area contributed by atoms with Crippen molar-refractivity contribution in [2.24, 2.45) is 0 Å². The third-order valence-electron chi connectivity index (χ3n) is 4.69. The zero-order chi connectivity index (χ0) is 20.9. The summed E-state index contributed by atoms with van der Waals surface area (Å²) in [4.78, 5) is 30.1. The number of esters is 1. The summed E-state index contributed by atoms with van der Waals surface area (Å²) >= 11 is 0. The molecule has 0 fully saturated rings. The quantitative estimate of drug-likeness (QED) is 0.478.